The summed E-state index contributed by atoms with van der Waals surface area (Å²) in [7, 11) is -4.48. The summed E-state index contributed by atoms with van der Waals surface area (Å²) in [5.41, 5.74) is 0.642. The van der Waals surface area contributed by atoms with Crippen LogP contribution in [0.4, 0.5) is 0 Å². The Balaban J connectivity index is 1.40. The van der Waals surface area contributed by atoms with Gasteiger partial charge in [-0.15, -0.1) is 0 Å². The van der Waals surface area contributed by atoms with Crippen molar-refractivity contribution in [3.05, 3.63) is 0 Å². The minimum atomic E-state index is -4.48. The lowest BCUT2D eigenvalue weighted by Gasteiger charge is -2.62. The second-order valence-corrected chi connectivity index (χ2v) is 14.8. The van der Waals surface area contributed by atoms with Crippen LogP contribution in [0.3, 0.4) is 0 Å². The Morgan fingerprint density at radius 1 is 0.971 bits per heavy atom. The maximum Gasteiger partial charge on any atom is 0.397 e. The SMILES string of the molecule is CC(COS(=O)(=O)O)C(O)CC[C@@H](C)C1CCC2C3C(CC[C@@]21C)[C@@]1(C)CC[C@H](C)C[C@@H]1C[C@H]3O. The van der Waals surface area contributed by atoms with Crippen LogP contribution in [0, 0.1) is 58.2 Å². The highest BCUT2D eigenvalue weighted by molar-refractivity contribution is 7.80. The lowest BCUT2D eigenvalue weighted by molar-refractivity contribution is -0.168. The molecule has 204 valence electrons. The van der Waals surface area contributed by atoms with Crippen molar-refractivity contribution in [1.82, 2.24) is 0 Å². The maximum atomic E-state index is 11.5. The molecule has 6 unspecified atom stereocenters. The minimum absolute atomic E-state index is 0.160. The highest BCUT2D eigenvalue weighted by Crippen LogP contribution is 2.68. The lowest BCUT2D eigenvalue weighted by Crippen LogP contribution is -2.58. The fourth-order valence-electron chi connectivity index (χ4n) is 9.64. The molecule has 0 amide bonds. The van der Waals surface area contributed by atoms with Gasteiger partial charge in [0.05, 0.1) is 18.8 Å². The Kier molecular flexibility index (Phi) is 8.08. The minimum Gasteiger partial charge on any atom is -0.393 e. The van der Waals surface area contributed by atoms with Crippen LogP contribution in [0.1, 0.15) is 98.8 Å². The van der Waals surface area contributed by atoms with Gasteiger partial charge in [0.1, 0.15) is 0 Å². The van der Waals surface area contributed by atoms with E-state index in [0.29, 0.717) is 47.3 Å². The molecule has 7 heteroatoms. The number of hydrogen-bond donors (Lipinski definition) is 3. The molecule has 3 N–H and O–H groups in total. The van der Waals surface area contributed by atoms with Crippen LogP contribution in [0.5, 0.6) is 0 Å². The summed E-state index contributed by atoms with van der Waals surface area (Å²) in [6.07, 6.45) is 10.5. The van der Waals surface area contributed by atoms with Gasteiger partial charge in [0.25, 0.3) is 0 Å². The van der Waals surface area contributed by atoms with E-state index >= 15 is 0 Å². The summed E-state index contributed by atoms with van der Waals surface area (Å²) in [6.45, 7) is 11.3. The average molecular weight is 515 g/mol. The first-order chi connectivity index (χ1) is 16.3. The van der Waals surface area contributed by atoms with E-state index in [1.807, 2.05) is 0 Å². The Hall–Kier alpha value is -0.210. The monoisotopic (exact) mass is 514 g/mol. The molecule has 35 heavy (non-hydrogen) atoms. The van der Waals surface area contributed by atoms with E-state index in [1.54, 1.807) is 6.92 Å². The smallest absolute Gasteiger partial charge is 0.393 e. The van der Waals surface area contributed by atoms with Crippen LogP contribution >= 0.6 is 0 Å². The van der Waals surface area contributed by atoms with Crippen LogP contribution in [0.25, 0.3) is 0 Å². The normalized spacial score (nSPS) is 46.2. The second-order valence-electron chi connectivity index (χ2n) is 13.7. The fourth-order valence-corrected chi connectivity index (χ4v) is 10.0. The van der Waals surface area contributed by atoms with Gasteiger partial charge in [-0.3, -0.25) is 4.55 Å². The third-order valence-electron chi connectivity index (χ3n) is 11.8. The van der Waals surface area contributed by atoms with Gasteiger partial charge >= 0.3 is 10.4 Å². The van der Waals surface area contributed by atoms with E-state index in [9.17, 15) is 18.6 Å². The van der Waals surface area contributed by atoms with Gasteiger partial charge in [0, 0.05) is 5.92 Å². The molecule has 12 atom stereocenters. The predicted molar refractivity (Wildman–Crippen MR) is 137 cm³/mol. The maximum absolute atomic E-state index is 11.5. The number of fused-ring (bicyclic) bond motifs is 5. The molecule has 4 saturated carbocycles. The third-order valence-corrected chi connectivity index (χ3v) is 12.2. The molecule has 0 aromatic heterocycles. The summed E-state index contributed by atoms with van der Waals surface area (Å²) in [5, 5.41) is 22.0. The molecule has 0 spiro atoms. The van der Waals surface area contributed by atoms with Crippen LogP contribution in [-0.4, -0.2) is 42.0 Å². The molecule has 6 nitrogen and oxygen atoms in total. The first kappa shape index (κ1) is 27.8. The lowest BCUT2D eigenvalue weighted by atomic mass is 9.43. The molecular formula is C28H50O6S. The number of aliphatic hydroxyl groups excluding tert-OH is 2. The first-order valence-electron chi connectivity index (χ1n) is 14.2. The van der Waals surface area contributed by atoms with Crippen molar-refractivity contribution in [3.63, 3.8) is 0 Å². The van der Waals surface area contributed by atoms with E-state index < -0.39 is 16.5 Å². The Morgan fingerprint density at radius 3 is 2.31 bits per heavy atom. The second kappa shape index (κ2) is 10.2. The average Bonchev–Trinajstić information content (AvgIpc) is 3.13. The summed E-state index contributed by atoms with van der Waals surface area (Å²) >= 11 is 0. The summed E-state index contributed by atoms with van der Waals surface area (Å²) < 4.78 is 34.9. The predicted octanol–water partition coefficient (Wildman–Crippen LogP) is 5.48. The third kappa shape index (κ3) is 5.36. The summed E-state index contributed by atoms with van der Waals surface area (Å²) in [5.74, 6) is 3.84. The molecular weight excluding hydrogens is 464 g/mol. The number of rotatable bonds is 8. The van der Waals surface area contributed by atoms with Gasteiger partial charge in [0.2, 0.25) is 0 Å². The molecule has 4 rings (SSSR count). The van der Waals surface area contributed by atoms with E-state index in [4.69, 9.17) is 4.55 Å². The molecule has 0 aromatic rings. The van der Waals surface area contributed by atoms with Crippen LogP contribution in [0.2, 0.25) is 0 Å². The molecule has 0 saturated heterocycles. The van der Waals surface area contributed by atoms with Crippen molar-refractivity contribution in [2.75, 3.05) is 6.61 Å². The molecule has 0 heterocycles. The molecule has 0 aliphatic heterocycles. The standard InChI is InChI=1S/C28H50O6S/c1-17-10-12-27(4)20(14-17)15-25(30)26-22-8-7-21(28(22,5)13-11-23(26)27)18(2)6-9-24(29)19(3)16-34-35(31,32)33/h17-26,29-30H,6-16H2,1-5H3,(H,31,32,33)/t17-,18+,19?,20+,21?,22?,23?,24?,25+,26?,27-,28+/m0/s1. The fraction of sp³-hybridized carbons (Fsp3) is 1.00. The Labute approximate surface area is 213 Å². The molecule has 4 fully saturated rings. The van der Waals surface area contributed by atoms with Gasteiger partial charge in [-0.05, 0) is 110 Å². The van der Waals surface area contributed by atoms with Crippen LogP contribution in [0.15, 0.2) is 0 Å². The van der Waals surface area contributed by atoms with Gasteiger partial charge < -0.3 is 10.2 Å². The number of hydrogen-bond acceptors (Lipinski definition) is 5. The summed E-state index contributed by atoms with van der Waals surface area (Å²) in [4.78, 5) is 0. The Bertz CT molecular complexity index is 846. The van der Waals surface area contributed by atoms with Crippen molar-refractivity contribution in [3.8, 4) is 0 Å². The van der Waals surface area contributed by atoms with E-state index in [1.165, 1.54) is 44.9 Å². The van der Waals surface area contributed by atoms with E-state index in [-0.39, 0.29) is 24.0 Å². The highest BCUT2D eigenvalue weighted by Gasteiger charge is 2.62. The van der Waals surface area contributed by atoms with Crippen molar-refractivity contribution in [2.24, 2.45) is 58.2 Å². The highest BCUT2D eigenvalue weighted by atomic mass is 32.3. The molecule has 0 radical (unpaired) electrons. The van der Waals surface area contributed by atoms with Gasteiger partial charge in [-0.1, -0.05) is 41.0 Å². The number of aliphatic hydroxyl groups is 2. The Morgan fingerprint density at radius 2 is 1.63 bits per heavy atom. The quantitative estimate of drug-likeness (QED) is 0.370. The van der Waals surface area contributed by atoms with E-state index in [0.717, 1.165) is 18.8 Å². The largest absolute Gasteiger partial charge is 0.397 e. The van der Waals surface area contributed by atoms with Crippen molar-refractivity contribution in [1.29, 1.82) is 0 Å². The van der Waals surface area contributed by atoms with Gasteiger partial charge in [-0.2, -0.15) is 8.42 Å². The zero-order valence-corrected chi connectivity index (χ0v) is 23.3. The van der Waals surface area contributed by atoms with Crippen molar-refractivity contribution >= 4 is 10.4 Å². The zero-order valence-electron chi connectivity index (χ0n) is 22.5. The summed E-state index contributed by atoms with van der Waals surface area (Å²) in [6, 6.07) is 0. The molecule has 4 aliphatic carbocycles. The zero-order chi connectivity index (χ0) is 25.8. The first-order valence-corrected chi connectivity index (χ1v) is 15.6. The topological polar surface area (TPSA) is 104 Å². The van der Waals surface area contributed by atoms with Crippen LogP contribution < -0.4 is 0 Å². The van der Waals surface area contributed by atoms with Crippen molar-refractivity contribution < 1.29 is 27.4 Å². The van der Waals surface area contributed by atoms with Gasteiger partial charge in [-0.25, -0.2) is 4.18 Å². The molecule has 0 bridgehead atoms. The molecule has 0 aromatic carbocycles. The van der Waals surface area contributed by atoms with Crippen LogP contribution in [-0.2, 0) is 14.6 Å². The molecule has 4 aliphatic rings. The van der Waals surface area contributed by atoms with Crippen molar-refractivity contribution in [2.45, 2.75) is 111 Å². The van der Waals surface area contributed by atoms with E-state index in [2.05, 4.69) is 31.9 Å². The van der Waals surface area contributed by atoms with Gasteiger partial charge in [0.15, 0.2) is 0 Å².